The average Bonchev–Trinajstić information content (AvgIpc) is 2.27. The number of likely N-dealkylation sites (N-methyl/N-ethyl adjacent to an activating group) is 1. The minimum absolute atomic E-state index is 0.0540. The normalized spacial score (nSPS) is 12.6. The zero-order valence-corrected chi connectivity index (χ0v) is 11.6. The summed E-state index contributed by atoms with van der Waals surface area (Å²) in [6, 6.07) is 4.56. The summed E-state index contributed by atoms with van der Waals surface area (Å²) in [6.07, 6.45) is 0. The number of hydrogen-bond donors (Lipinski definition) is 2. The Morgan fingerprint density at radius 2 is 1.74 bits per heavy atom. The molecule has 0 atom stereocenters. The number of nitrogens with one attached hydrogen (secondary N) is 2. The van der Waals surface area contributed by atoms with Gasteiger partial charge in [0.05, 0.1) is 4.90 Å². The summed E-state index contributed by atoms with van der Waals surface area (Å²) in [5, 5.41) is 2.77. The van der Waals surface area contributed by atoms with Crippen LogP contribution in [0.5, 0.6) is 0 Å². The summed E-state index contributed by atoms with van der Waals surface area (Å²) in [5.41, 5.74) is -4.38. The van der Waals surface area contributed by atoms with Gasteiger partial charge in [-0.1, -0.05) is 0 Å². The third-order valence-electron chi connectivity index (χ3n) is 2.03. The molecule has 1 aromatic carbocycles. The van der Waals surface area contributed by atoms with Gasteiger partial charge in [-0.15, -0.1) is 0 Å². The van der Waals surface area contributed by atoms with Gasteiger partial charge in [-0.2, -0.15) is 13.2 Å². The van der Waals surface area contributed by atoms with Gasteiger partial charge in [0.2, 0.25) is 10.0 Å². The maximum absolute atomic E-state index is 12.1. The Kier molecular flexibility index (Phi) is 5.65. The van der Waals surface area contributed by atoms with Crippen LogP contribution in [0.3, 0.4) is 0 Å². The van der Waals surface area contributed by atoms with E-state index in [0.29, 0.717) is 6.54 Å². The van der Waals surface area contributed by atoms with E-state index in [1.807, 2.05) is 0 Å². The predicted molar refractivity (Wildman–Crippen MR) is 67.5 cm³/mol. The molecule has 0 aromatic heterocycles. The number of hydrogen-bond acceptors (Lipinski definition) is 4. The van der Waals surface area contributed by atoms with Gasteiger partial charge in [0.25, 0.3) is 0 Å². The van der Waals surface area contributed by atoms with Crippen LogP contribution >= 0.6 is 11.8 Å². The van der Waals surface area contributed by atoms with E-state index in [-0.39, 0.29) is 28.1 Å². The highest BCUT2D eigenvalue weighted by molar-refractivity contribution is 8.00. The van der Waals surface area contributed by atoms with E-state index in [9.17, 15) is 21.6 Å². The second-order valence-electron chi connectivity index (χ2n) is 3.52. The summed E-state index contributed by atoms with van der Waals surface area (Å²) in [6.45, 7) is 0.666. The van der Waals surface area contributed by atoms with Crippen LogP contribution in [0.2, 0.25) is 0 Å². The summed E-state index contributed by atoms with van der Waals surface area (Å²) in [5.74, 6) is 0. The molecule has 0 amide bonds. The van der Waals surface area contributed by atoms with Crippen molar-refractivity contribution in [2.45, 2.75) is 15.3 Å². The van der Waals surface area contributed by atoms with E-state index >= 15 is 0 Å². The fraction of sp³-hybridized carbons (Fsp3) is 0.400. The highest BCUT2D eigenvalue weighted by Gasteiger charge is 2.29. The van der Waals surface area contributed by atoms with Crippen molar-refractivity contribution in [2.75, 3.05) is 20.1 Å². The Morgan fingerprint density at radius 3 is 2.21 bits per heavy atom. The van der Waals surface area contributed by atoms with Crippen molar-refractivity contribution < 1.29 is 21.6 Å². The van der Waals surface area contributed by atoms with E-state index < -0.39 is 15.5 Å². The first-order chi connectivity index (χ1) is 8.74. The van der Waals surface area contributed by atoms with Gasteiger partial charge in [0.15, 0.2) is 0 Å². The van der Waals surface area contributed by atoms with Crippen molar-refractivity contribution in [1.82, 2.24) is 10.0 Å². The molecule has 9 heteroatoms. The fourth-order valence-electron chi connectivity index (χ4n) is 1.21. The molecule has 0 aliphatic carbocycles. The molecule has 19 heavy (non-hydrogen) atoms. The van der Waals surface area contributed by atoms with Crippen LogP contribution in [-0.2, 0) is 10.0 Å². The molecule has 0 aliphatic rings. The molecule has 4 nitrogen and oxygen atoms in total. The third kappa shape index (κ3) is 5.81. The number of thioether (sulfide) groups is 1. The minimum Gasteiger partial charge on any atom is -0.318 e. The van der Waals surface area contributed by atoms with Crippen LogP contribution in [-0.4, -0.2) is 34.1 Å². The van der Waals surface area contributed by atoms with Crippen molar-refractivity contribution in [2.24, 2.45) is 0 Å². The van der Waals surface area contributed by atoms with Gasteiger partial charge in [-0.3, -0.25) is 0 Å². The van der Waals surface area contributed by atoms with Crippen LogP contribution in [0.1, 0.15) is 0 Å². The van der Waals surface area contributed by atoms with Gasteiger partial charge in [0.1, 0.15) is 0 Å². The number of sulfonamides is 1. The lowest BCUT2D eigenvalue weighted by molar-refractivity contribution is -0.0328. The molecular weight excluding hydrogens is 301 g/mol. The third-order valence-corrected chi connectivity index (χ3v) is 4.25. The standard InChI is InChI=1S/C10H13F3N2O2S2/c1-14-6-7-15-19(16,17)9-4-2-8(3-5-9)18-10(11,12)13/h2-5,14-15H,6-7H2,1H3. The second-order valence-corrected chi connectivity index (χ2v) is 6.43. The van der Waals surface area contributed by atoms with Crippen LogP contribution in [0.4, 0.5) is 13.2 Å². The van der Waals surface area contributed by atoms with Gasteiger partial charge in [-0.25, -0.2) is 13.1 Å². The van der Waals surface area contributed by atoms with Crippen molar-refractivity contribution in [1.29, 1.82) is 0 Å². The smallest absolute Gasteiger partial charge is 0.318 e. The molecule has 0 spiro atoms. The first kappa shape index (κ1) is 16.3. The minimum atomic E-state index is -4.38. The molecule has 0 aliphatic heterocycles. The summed E-state index contributed by atoms with van der Waals surface area (Å²) >= 11 is -0.284. The molecular formula is C10H13F3N2O2S2. The number of alkyl halides is 3. The van der Waals surface area contributed by atoms with Crippen LogP contribution in [0, 0.1) is 0 Å². The monoisotopic (exact) mass is 314 g/mol. The zero-order chi connectivity index (χ0) is 14.5. The Labute approximate surface area is 113 Å². The molecule has 108 valence electrons. The maximum atomic E-state index is 12.1. The number of benzene rings is 1. The van der Waals surface area contributed by atoms with E-state index in [1.165, 1.54) is 0 Å². The van der Waals surface area contributed by atoms with E-state index in [2.05, 4.69) is 10.0 Å². The summed E-state index contributed by atoms with van der Waals surface area (Å²) < 4.78 is 62.1. The largest absolute Gasteiger partial charge is 0.446 e. The average molecular weight is 314 g/mol. The van der Waals surface area contributed by atoms with E-state index in [0.717, 1.165) is 24.3 Å². The molecule has 1 rings (SSSR count). The Balaban J connectivity index is 2.75. The maximum Gasteiger partial charge on any atom is 0.446 e. The van der Waals surface area contributed by atoms with Crippen LogP contribution in [0.25, 0.3) is 0 Å². The van der Waals surface area contributed by atoms with E-state index in [1.54, 1.807) is 7.05 Å². The first-order valence-electron chi connectivity index (χ1n) is 5.25. The fourth-order valence-corrected chi connectivity index (χ4v) is 2.79. The van der Waals surface area contributed by atoms with Gasteiger partial charge < -0.3 is 5.32 Å². The molecule has 0 saturated carbocycles. The highest BCUT2D eigenvalue weighted by Crippen LogP contribution is 2.36. The summed E-state index contributed by atoms with van der Waals surface area (Å²) in [7, 11) is -2.00. The highest BCUT2D eigenvalue weighted by atomic mass is 32.2. The Morgan fingerprint density at radius 1 is 1.16 bits per heavy atom. The quantitative estimate of drug-likeness (QED) is 0.621. The van der Waals surface area contributed by atoms with Gasteiger partial charge >= 0.3 is 5.51 Å². The topological polar surface area (TPSA) is 58.2 Å². The Bertz CT molecular complexity index is 501. The first-order valence-corrected chi connectivity index (χ1v) is 7.54. The predicted octanol–water partition coefficient (Wildman–Crippen LogP) is 1.80. The molecule has 0 bridgehead atoms. The van der Waals surface area contributed by atoms with Gasteiger partial charge in [-0.05, 0) is 43.1 Å². The molecule has 1 aromatic rings. The van der Waals surface area contributed by atoms with E-state index in [4.69, 9.17) is 0 Å². The van der Waals surface area contributed by atoms with Gasteiger partial charge in [0, 0.05) is 18.0 Å². The molecule has 0 saturated heterocycles. The lowest BCUT2D eigenvalue weighted by Crippen LogP contribution is -2.30. The molecule has 0 unspecified atom stereocenters. The molecule has 2 N–H and O–H groups in total. The molecule has 0 heterocycles. The van der Waals surface area contributed by atoms with Crippen LogP contribution < -0.4 is 10.0 Å². The van der Waals surface area contributed by atoms with Crippen LogP contribution in [0.15, 0.2) is 34.1 Å². The van der Waals surface area contributed by atoms with Crippen molar-refractivity contribution in [3.05, 3.63) is 24.3 Å². The lowest BCUT2D eigenvalue weighted by atomic mass is 10.4. The van der Waals surface area contributed by atoms with Crippen molar-refractivity contribution >= 4 is 21.8 Å². The lowest BCUT2D eigenvalue weighted by Gasteiger charge is -2.08. The van der Waals surface area contributed by atoms with Crippen molar-refractivity contribution in [3.63, 3.8) is 0 Å². The summed E-state index contributed by atoms with van der Waals surface area (Å²) in [4.78, 5) is -0.114. The zero-order valence-electron chi connectivity index (χ0n) is 9.99. The SMILES string of the molecule is CNCCNS(=O)(=O)c1ccc(SC(F)(F)F)cc1. The Hall–Kier alpha value is -0.770. The molecule has 0 radical (unpaired) electrons. The number of halogens is 3. The number of rotatable bonds is 6. The second kappa shape index (κ2) is 6.60. The van der Waals surface area contributed by atoms with Crippen molar-refractivity contribution in [3.8, 4) is 0 Å². The molecule has 0 fully saturated rings.